The molecule has 4 nitrogen and oxygen atoms in total. The molecule has 2 aromatic rings. The zero-order valence-electron chi connectivity index (χ0n) is 10.2. The molecule has 2 atom stereocenters. The predicted octanol–water partition coefficient (Wildman–Crippen LogP) is 1.81. The maximum absolute atomic E-state index is 5.75. The molecule has 0 bridgehead atoms. The first kappa shape index (κ1) is 11.8. The summed E-state index contributed by atoms with van der Waals surface area (Å²) in [5.41, 5.74) is 5.47. The Balaban J connectivity index is 1.95. The van der Waals surface area contributed by atoms with Crippen molar-refractivity contribution in [3.05, 3.63) is 47.8 Å². The Morgan fingerprint density at radius 2 is 2.33 bits per heavy atom. The fraction of sp³-hybridized carbons (Fsp3) is 0.308. The summed E-state index contributed by atoms with van der Waals surface area (Å²) in [6.45, 7) is 0. The van der Waals surface area contributed by atoms with Crippen LogP contribution in [0, 0.1) is 0 Å². The van der Waals surface area contributed by atoms with E-state index in [4.69, 9.17) is 5.84 Å². The summed E-state index contributed by atoms with van der Waals surface area (Å²) in [4.78, 5) is 1.37. The number of rotatable bonds is 3. The van der Waals surface area contributed by atoms with Crippen molar-refractivity contribution >= 4 is 11.8 Å². The maximum Gasteiger partial charge on any atom is 0.0567 e. The van der Waals surface area contributed by atoms with Gasteiger partial charge in [-0.3, -0.25) is 16.0 Å². The van der Waals surface area contributed by atoms with Crippen LogP contribution < -0.4 is 11.3 Å². The van der Waals surface area contributed by atoms with Crippen LogP contribution in [-0.4, -0.2) is 15.5 Å². The Labute approximate surface area is 111 Å². The summed E-state index contributed by atoms with van der Waals surface area (Å²) >= 11 is 1.90. The number of nitrogens with one attached hydrogen (secondary N) is 1. The number of benzene rings is 1. The highest BCUT2D eigenvalue weighted by Crippen LogP contribution is 2.45. The van der Waals surface area contributed by atoms with Crippen LogP contribution in [0.4, 0.5) is 0 Å². The SMILES string of the molecule is Cn1cc(C(NN)C2CSc3ccccc32)cn1. The van der Waals surface area contributed by atoms with Gasteiger partial charge in [-0.15, -0.1) is 11.8 Å². The van der Waals surface area contributed by atoms with E-state index in [2.05, 4.69) is 34.8 Å². The van der Waals surface area contributed by atoms with Crippen LogP contribution in [0.1, 0.15) is 23.1 Å². The van der Waals surface area contributed by atoms with Crippen molar-refractivity contribution in [2.45, 2.75) is 16.9 Å². The van der Waals surface area contributed by atoms with E-state index in [-0.39, 0.29) is 6.04 Å². The summed E-state index contributed by atoms with van der Waals surface area (Å²) in [5.74, 6) is 7.22. The molecule has 2 heterocycles. The van der Waals surface area contributed by atoms with Crippen molar-refractivity contribution in [3.8, 4) is 0 Å². The minimum Gasteiger partial charge on any atom is -0.275 e. The van der Waals surface area contributed by atoms with Crippen LogP contribution >= 0.6 is 11.8 Å². The summed E-state index contributed by atoms with van der Waals surface area (Å²) in [6.07, 6.45) is 3.91. The Hall–Kier alpha value is -1.30. The predicted molar refractivity (Wildman–Crippen MR) is 73.2 cm³/mol. The molecule has 1 aromatic carbocycles. The molecule has 0 aliphatic carbocycles. The van der Waals surface area contributed by atoms with Crippen LogP contribution in [-0.2, 0) is 7.05 Å². The van der Waals surface area contributed by atoms with Gasteiger partial charge in [-0.05, 0) is 11.6 Å². The second kappa shape index (κ2) is 4.76. The smallest absolute Gasteiger partial charge is 0.0567 e. The summed E-state index contributed by atoms with van der Waals surface area (Å²) in [7, 11) is 1.93. The quantitative estimate of drug-likeness (QED) is 0.653. The van der Waals surface area contributed by atoms with E-state index < -0.39 is 0 Å². The molecule has 1 aliphatic rings. The lowest BCUT2D eigenvalue weighted by atomic mass is 9.90. The molecule has 0 radical (unpaired) electrons. The van der Waals surface area contributed by atoms with Crippen molar-refractivity contribution < 1.29 is 0 Å². The van der Waals surface area contributed by atoms with Crippen LogP contribution in [0.25, 0.3) is 0 Å². The van der Waals surface area contributed by atoms with Gasteiger partial charge in [-0.1, -0.05) is 18.2 Å². The van der Waals surface area contributed by atoms with Crippen LogP contribution in [0.15, 0.2) is 41.6 Å². The number of thioether (sulfide) groups is 1. The first-order valence-electron chi connectivity index (χ1n) is 5.96. The number of hydrogen-bond donors (Lipinski definition) is 2. The van der Waals surface area contributed by atoms with Crippen molar-refractivity contribution in [2.24, 2.45) is 12.9 Å². The Kier molecular flexibility index (Phi) is 3.11. The van der Waals surface area contributed by atoms with E-state index in [1.54, 1.807) is 0 Å². The zero-order valence-corrected chi connectivity index (χ0v) is 11.0. The second-order valence-electron chi connectivity index (χ2n) is 4.55. The summed E-state index contributed by atoms with van der Waals surface area (Å²) in [6, 6.07) is 8.67. The molecular weight excluding hydrogens is 244 g/mol. The first-order chi connectivity index (χ1) is 8.79. The number of hydrazine groups is 1. The number of nitrogens with zero attached hydrogens (tertiary/aromatic N) is 2. The molecule has 3 N–H and O–H groups in total. The average Bonchev–Trinajstić information content (AvgIpc) is 2.98. The standard InChI is InChI=1S/C13H16N4S/c1-17-7-9(6-15-17)13(16-14)11-8-18-12-5-3-2-4-10(11)12/h2-7,11,13,16H,8,14H2,1H3. The van der Waals surface area contributed by atoms with Crippen LogP contribution in [0.2, 0.25) is 0 Å². The summed E-state index contributed by atoms with van der Waals surface area (Å²) < 4.78 is 1.81. The van der Waals surface area contributed by atoms with Crippen LogP contribution in [0.5, 0.6) is 0 Å². The molecule has 0 saturated heterocycles. The minimum atomic E-state index is 0.120. The molecule has 0 fully saturated rings. The highest BCUT2D eigenvalue weighted by molar-refractivity contribution is 7.99. The van der Waals surface area contributed by atoms with Crippen LogP contribution in [0.3, 0.4) is 0 Å². The average molecular weight is 260 g/mol. The van der Waals surface area contributed by atoms with Crippen molar-refractivity contribution in [2.75, 3.05) is 5.75 Å². The Bertz CT molecular complexity index is 551. The van der Waals surface area contributed by atoms with Gasteiger partial charge in [0.05, 0.1) is 12.2 Å². The number of nitrogens with two attached hydrogens (primary N) is 1. The molecule has 0 amide bonds. The molecule has 94 valence electrons. The normalized spacial score (nSPS) is 19.8. The fourth-order valence-corrected chi connectivity index (χ4v) is 3.80. The third-order valence-electron chi connectivity index (χ3n) is 3.40. The lowest BCUT2D eigenvalue weighted by Gasteiger charge is -2.21. The highest BCUT2D eigenvalue weighted by Gasteiger charge is 2.31. The summed E-state index contributed by atoms with van der Waals surface area (Å²) in [5, 5.41) is 4.23. The third-order valence-corrected chi connectivity index (χ3v) is 4.61. The van der Waals surface area contributed by atoms with Crippen molar-refractivity contribution in [1.29, 1.82) is 0 Å². The van der Waals surface area contributed by atoms with Gasteiger partial charge < -0.3 is 0 Å². The van der Waals surface area contributed by atoms with E-state index in [9.17, 15) is 0 Å². The number of fused-ring (bicyclic) bond motifs is 1. The molecule has 3 rings (SSSR count). The lowest BCUT2D eigenvalue weighted by molar-refractivity contribution is 0.485. The van der Waals surface area contributed by atoms with E-state index >= 15 is 0 Å². The van der Waals surface area contributed by atoms with Gasteiger partial charge in [0, 0.05) is 35.4 Å². The van der Waals surface area contributed by atoms with Crippen molar-refractivity contribution in [1.82, 2.24) is 15.2 Å². The fourth-order valence-electron chi connectivity index (χ4n) is 2.51. The van der Waals surface area contributed by atoms with Crippen molar-refractivity contribution in [3.63, 3.8) is 0 Å². The molecular formula is C13H16N4S. The third kappa shape index (κ3) is 1.94. The van der Waals surface area contributed by atoms with Gasteiger partial charge in [-0.25, -0.2) is 0 Å². The molecule has 2 unspecified atom stereocenters. The highest BCUT2D eigenvalue weighted by atomic mass is 32.2. The monoisotopic (exact) mass is 260 g/mol. The molecule has 1 aromatic heterocycles. The molecule has 1 aliphatic heterocycles. The Morgan fingerprint density at radius 3 is 3.06 bits per heavy atom. The molecule has 18 heavy (non-hydrogen) atoms. The number of aromatic nitrogens is 2. The van der Waals surface area contributed by atoms with E-state index in [0.717, 1.165) is 11.3 Å². The van der Waals surface area contributed by atoms with Gasteiger partial charge in [0.15, 0.2) is 0 Å². The van der Waals surface area contributed by atoms with Gasteiger partial charge in [0.1, 0.15) is 0 Å². The van der Waals surface area contributed by atoms with Gasteiger partial charge >= 0.3 is 0 Å². The lowest BCUT2D eigenvalue weighted by Crippen LogP contribution is -2.32. The minimum absolute atomic E-state index is 0.120. The second-order valence-corrected chi connectivity index (χ2v) is 5.61. The zero-order chi connectivity index (χ0) is 12.5. The number of hydrogen-bond acceptors (Lipinski definition) is 4. The molecule has 5 heteroatoms. The molecule has 0 saturated carbocycles. The number of aryl methyl sites for hydroxylation is 1. The van der Waals surface area contributed by atoms with Gasteiger partial charge in [0.2, 0.25) is 0 Å². The largest absolute Gasteiger partial charge is 0.275 e. The van der Waals surface area contributed by atoms with E-state index in [1.807, 2.05) is 35.9 Å². The molecule has 0 spiro atoms. The first-order valence-corrected chi connectivity index (χ1v) is 6.94. The van der Waals surface area contributed by atoms with E-state index in [0.29, 0.717) is 5.92 Å². The van der Waals surface area contributed by atoms with Gasteiger partial charge in [0.25, 0.3) is 0 Å². The van der Waals surface area contributed by atoms with Gasteiger partial charge in [-0.2, -0.15) is 5.10 Å². The topological polar surface area (TPSA) is 55.9 Å². The maximum atomic E-state index is 5.75. The Morgan fingerprint density at radius 1 is 1.50 bits per heavy atom. The van der Waals surface area contributed by atoms with E-state index in [1.165, 1.54) is 10.5 Å².